The van der Waals surface area contributed by atoms with E-state index in [9.17, 15) is 8.42 Å². The summed E-state index contributed by atoms with van der Waals surface area (Å²) in [6.45, 7) is 3.86. The molecule has 138 valence electrons. The van der Waals surface area contributed by atoms with Gasteiger partial charge in [-0.1, -0.05) is 29.8 Å². The zero-order valence-electron chi connectivity index (χ0n) is 14.4. The van der Waals surface area contributed by atoms with E-state index in [1.54, 1.807) is 18.2 Å². The predicted octanol–water partition coefficient (Wildman–Crippen LogP) is 3.35. The summed E-state index contributed by atoms with van der Waals surface area (Å²) in [6, 6.07) is 14.3. The third kappa shape index (κ3) is 4.35. The van der Waals surface area contributed by atoms with Crippen molar-refractivity contribution < 1.29 is 8.42 Å². The number of piperazine rings is 1. The lowest BCUT2D eigenvalue weighted by atomic mass is 10.2. The molecule has 1 saturated heterocycles. The summed E-state index contributed by atoms with van der Waals surface area (Å²) < 4.78 is 27.0. The minimum atomic E-state index is -3.54. The minimum Gasteiger partial charge on any atom is -0.346 e. The number of sulfonamides is 1. The van der Waals surface area contributed by atoms with Crippen molar-refractivity contribution in [2.24, 2.45) is 0 Å². The first kappa shape index (κ1) is 19.1. The third-order valence-corrected chi connectivity index (χ3v) is 6.72. The summed E-state index contributed by atoms with van der Waals surface area (Å²) >= 11 is 11.4. The Balaban J connectivity index is 1.62. The molecule has 0 aromatic heterocycles. The van der Waals surface area contributed by atoms with Crippen molar-refractivity contribution in [1.82, 2.24) is 9.21 Å². The molecule has 1 fully saturated rings. The lowest BCUT2D eigenvalue weighted by Crippen LogP contribution is -2.51. The fourth-order valence-electron chi connectivity index (χ4n) is 2.83. The van der Waals surface area contributed by atoms with E-state index in [4.69, 9.17) is 23.8 Å². The van der Waals surface area contributed by atoms with Gasteiger partial charge in [0.2, 0.25) is 10.0 Å². The van der Waals surface area contributed by atoms with Crippen LogP contribution in [0, 0.1) is 6.92 Å². The van der Waals surface area contributed by atoms with Gasteiger partial charge in [-0.15, -0.1) is 0 Å². The standard InChI is InChI=1S/C18H20ClN3O2S2/c1-14-4-2-6-16(12-14)20-18(25)21-8-10-22(11-9-21)26(23,24)17-7-3-5-15(19)13-17/h2-7,12-13H,8-11H2,1H3,(H,20,25). The number of halogens is 1. The number of nitrogens with zero attached hydrogens (tertiary/aromatic N) is 2. The number of nitrogens with one attached hydrogen (secondary N) is 1. The topological polar surface area (TPSA) is 52.6 Å². The van der Waals surface area contributed by atoms with Crippen LogP contribution in [0.1, 0.15) is 5.56 Å². The Morgan fingerprint density at radius 2 is 1.77 bits per heavy atom. The van der Waals surface area contributed by atoms with Crippen molar-refractivity contribution >= 4 is 44.6 Å². The van der Waals surface area contributed by atoms with Gasteiger partial charge in [0.15, 0.2) is 5.11 Å². The summed E-state index contributed by atoms with van der Waals surface area (Å²) in [5, 5.41) is 4.23. The Hall–Kier alpha value is -1.67. The average Bonchev–Trinajstić information content (AvgIpc) is 2.62. The molecule has 0 unspecified atom stereocenters. The van der Waals surface area contributed by atoms with Gasteiger partial charge in [-0.05, 0) is 55.0 Å². The number of hydrogen-bond acceptors (Lipinski definition) is 3. The zero-order chi connectivity index (χ0) is 18.7. The molecule has 0 amide bonds. The molecule has 0 spiro atoms. The predicted molar refractivity (Wildman–Crippen MR) is 109 cm³/mol. The molecule has 0 aliphatic carbocycles. The van der Waals surface area contributed by atoms with Gasteiger partial charge in [0.25, 0.3) is 0 Å². The second-order valence-electron chi connectivity index (χ2n) is 6.15. The molecule has 0 atom stereocenters. The second kappa shape index (κ2) is 7.92. The molecule has 0 bridgehead atoms. The highest BCUT2D eigenvalue weighted by Gasteiger charge is 2.29. The van der Waals surface area contributed by atoms with Crippen LogP contribution in [0.2, 0.25) is 5.02 Å². The van der Waals surface area contributed by atoms with Gasteiger partial charge in [0.1, 0.15) is 0 Å². The molecule has 26 heavy (non-hydrogen) atoms. The number of thiocarbonyl (C=S) groups is 1. The lowest BCUT2D eigenvalue weighted by molar-refractivity contribution is 0.268. The first-order valence-corrected chi connectivity index (χ1v) is 10.5. The number of hydrogen-bond donors (Lipinski definition) is 1. The summed E-state index contributed by atoms with van der Waals surface area (Å²) in [5.41, 5.74) is 2.08. The molecule has 0 radical (unpaired) electrons. The molecular weight excluding hydrogens is 390 g/mol. The van der Waals surface area contributed by atoms with E-state index in [1.165, 1.54) is 10.4 Å². The zero-order valence-corrected chi connectivity index (χ0v) is 16.7. The molecule has 3 rings (SSSR count). The maximum absolute atomic E-state index is 12.7. The first-order valence-electron chi connectivity index (χ1n) is 8.24. The summed E-state index contributed by atoms with van der Waals surface area (Å²) in [7, 11) is -3.54. The minimum absolute atomic E-state index is 0.221. The van der Waals surface area contributed by atoms with Crippen LogP contribution >= 0.6 is 23.8 Å². The Morgan fingerprint density at radius 3 is 2.42 bits per heavy atom. The molecule has 2 aromatic rings. The number of aryl methyl sites for hydroxylation is 1. The summed E-state index contributed by atoms with van der Waals surface area (Å²) in [6.07, 6.45) is 0. The smallest absolute Gasteiger partial charge is 0.243 e. The molecule has 2 aromatic carbocycles. The van der Waals surface area contributed by atoms with Gasteiger partial charge >= 0.3 is 0 Å². The Kier molecular flexibility index (Phi) is 5.82. The number of rotatable bonds is 3. The summed E-state index contributed by atoms with van der Waals surface area (Å²) in [5.74, 6) is 0. The molecule has 1 heterocycles. The van der Waals surface area contributed by atoms with E-state index in [2.05, 4.69) is 5.32 Å². The molecule has 0 saturated carbocycles. The first-order chi connectivity index (χ1) is 12.4. The normalized spacial score (nSPS) is 15.7. The molecular formula is C18H20ClN3O2S2. The van der Waals surface area contributed by atoms with Crippen LogP contribution in [-0.4, -0.2) is 48.9 Å². The van der Waals surface area contributed by atoms with Gasteiger partial charge in [-0.25, -0.2) is 8.42 Å². The Morgan fingerprint density at radius 1 is 1.08 bits per heavy atom. The average molecular weight is 410 g/mol. The number of anilines is 1. The van der Waals surface area contributed by atoms with Gasteiger partial charge in [0, 0.05) is 36.9 Å². The molecule has 1 aliphatic heterocycles. The maximum Gasteiger partial charge on any atom is 0.243 e. The van der Waals surface area contributed by atoms with Crippen molar-refractivity contribution in [3.63, 3.8) is 0 Å². The van der Waals surface area contributed by atoms with Crippen molar-refractivity contribution in [3.05, 3.63) is 59.1 Å². The third-order valence-electron chi connectivity index (χ3n) is 4.23. The van der Waals surface area contributed by atoms with E-state index < -0.39 is 10.0 Å². The monoisotopic (exact) mass is 409 g/mol. The van der Waals surface area contributed by atoms with Crippen molar-refractivity contribution in [1.29, 1.82) is 0 Å². The van der Waals surface area contributed by atoms with E-state index >= 15 is 0 Å². The van der Waals surface area contributed by atoms with Crippen LogP contribution in [0.5, 0.6) is 0 Å². The molecule has 1 N–H and O–H groups in total. The lowest BCUT2D eigenvalue weighted by Gasteiger charge is -2.35. The van der Waals surface area contributed by atoms with Crippen LogP contribution in [-0.2, 0) is 10.0 Å². The SMILES string of the molecule is Cc1cccc(NC(=S)N2CCN(S(=O)(=O)c3cccc(Cl)c3)CC2)c1. The molecule has 1 aliphatic rings. The largest absolute Gasteiger partial charge is 0.346 e. The van der Waals surface area contributed by atoms with Crippen molar-refractivity contribution in [3.8, 4) is 0 Å². The van der Waals surface area contributed by atoms with Crippen molar-refractivity contribution in [2.45, 2.75) is 11.8 Å². The fraction of sp³-hybridized carbons (Fsp3) is 0.278. The van der Waals surface area contributed by atoms with Crippen LogP contribution in [0.3, 0.4) is 0 Å². The number of benzene rings is 2. The van der Waals surface area contributed by atoms with E-state index in [1.807, 2.05) is 36.1 Å². The van der Waals surface area contributed by atoms with Gasteiger partial charge in [-0.3, -0.25) is 0 Å². The summed E-state index contributed by atoms with van der Waals surface area (Å²) in [4.78, 5) is 2.21. The fourth-order valence-corrected chi connectivity index (χ4v) is 4.86. The highest BCUT2D eigenvalue weighted by Crippen LogP contribution is 2.21. The van der Waals surface area contributed by atoms with Crippen LogP contribution in [0.15, 0.2) is 53.4 Å². The van der Waals surface area contributed by atoms with Crippen LogP contribution in [0.4, 0.5) is 5.69 Å². The quantitative estimate of drug-likeness (QED) is 0.788. The van der Waals surface area contributed by atoms with Gasteiger partial charge in [0.05, 0.1) is 4.90 Å². The van der Waals surface area contributed by atoms with Gasteiger partial charge in [-0.2, -0.15) is 4.31 Å². The van der Waals surface area contributed by atoms with E-state index in [0.717, 1.165) is 11.3 Å². The Bertz CT molecular complexity index is 910. The van der Waals surface area contributed by atoms with Crippen LogP contribution < -0.4 is 5.32 Å². The second-order valence-corrected chi connectivity index (χ2v) is 8.91. The maximum atomic E-state index is 12.7. The van der Waals surface area contributed by atoms with Crippen LogP contribution in [0.25, 0.3) is 0 Å². The van der Waals surface area contributed by atoms with Gasteiger partial charge < -0.3 is 10.2 Å². The highest BCUT2D eigenvalue weighted by atomic mass is 35.5. The Labute approximate surface area is 164 Å². The van der Waals surface area contributed by atoms with E-state index in [-0.39, 0.29) is 4.90 Å². The van der Waals surface area contributed by atoms with E-state index in [0.29, 0.717) is 36.3 Å². The highest BCUT2D eigenvalue weighted by molar-refractivity contribution is 7.89. The van der Waals surface area contributed by atoms with Crippen molar-refractivity contribution in [2.75, 3.05) is 31.5 Å². The molecule has 8 heteroatoms. The molecule has 5 nitrogen and oxygen atoms in total.